The van der Waals surface area contributed by atoms with Crippen LogP contribution in [0.2, 0.25) is 0 Å². The van der Waals surface area contributed by atoms with Gasteiger partial charge in [0.05, 0.1) is 6.21 Å². The smallest absolute Gasteiger partial charge is 0.141 e. The van der Waals surface area contributed by atoms with Crippen LogP contribution in [-0.2, 0) is 0 Å². The number of hydrogen-bond donors (Lipinski definition) is 0. The van der Waals surface area contributed by atoms with Crippen molar-refractivity contribution >= 4 is 12.3 Å². The van der Waals surface area contributed by atoms with Gasteiger partial charge in [-0.2, -0.15) is 5.10 Å². The molecular weight excluding hydrogens is 200 g/mol. The van der Waals surface area contributed by atoms with E-state index in [-0.39, 0.29) is 0 Å². The Morgan fingerprint density at radius 3 is 2.56 bits per heavy atom. The van der Waals surface area contributed by atoms with Gasteiger partial charge in [0.1, 0.15) is 12.7 Å². The van der Waals surface area contributed by atoms with Crippen LogP contribution in [0.3, 0.4) is 0 Å². The van der Waals surface area contributed by atoms with Crippen molar-refractivity contribution in [2.45, 2.75) is 6.92 Å². The summed E-state index contributed by atoms with van der Waals surface area (Å²) >= 11 is 0. The molecular formula is C12H12N4. The molecule has 0 N–H and O–H groups in total. The van der Waals surface area contributed by atoms with Crippen molar-refractivity contribution in [3.05, 3.63) is 54.1 Å². The van der Waals surface area contributed by atoms with Crippen LogP contribution in [0.5, 0.6) is 0 Å². The van der Waals surface area contributed by atoms with Crippen molar-refractivity contribution in [3.63, 3.8) is 0 Å². The van der Waals surface area contributed by atoms with Gasteiger partial charge in [0.2, 0.25) is 0 Å². The second kappa shape index (κ2) is 5.02. The van der Waals surface area contributed by atoms with Crippen LogP contribution in [0, 0.1) is 0 Å². The second-order valence-electron chi connectivity index (χ2n) is 3.39. The Bertz CT molecular complexity index is 483. The Labute approximate surface area is 94.0 Å². The van der Waals surface area contributed by atoms with Crippen molar-refractivity contribution in [2.24, 2.45) is 5.10 Å². The third-order valence-electron chi connectivity index (χ3n) is 2.00. The van der Waals surface area contributed by atoms with E-state index in [2.05, 4.69) is 33.5 Å². The molecule has 16 heavy (non-hydrogen) atoms. The van der Waals surface area contributed by atoms with Gasteiger partial charge in [0.15, 0.2) is 0 Å². The summed E-state index contributed by atoms with van der Waals surface area (Å²) in [6, 6.07) is 10.1. The van der Waals surface area contributed by atoms with Gasteiger partial charge in [-0.15, -0.1) is 10.2 Å². The minimum atomic E-state index is 1.07. The predicted octanol–water partition coefficient (Wildman–Crippen LogP) is 2.22. The van der Waals surface area contributed by atoms with Gasteiger partial charge in [-0.1, -0.05) is 36.4 Å². The Hall–Kier alpha value is -2.23. The standard InChI is InChI=1S/C12H12N4/c1-11(7-12-5-3-2-4-6-12)8-15-16-9-13-14-10-16/h2-10H,1H3/b11-7-,15-8?. The molecule has 0 aliphatic heterocycles. The number of aromatic nitrogens is 3. The van der Waals surface area contributed by atoms with E-state index in [0.717, 1.165) is 11.1 Å². The summed E-state index contributed by atoms with van der Waals surface area (Å²) in [5.74, 6) is 0. The SMILES string of the molecule is C/C(C=Nn1cnnc1)=C/c1ccccc1. The summed E-state index contributed by atoms with van der Waals surface area (Å²) in [7, 11) is 0. The fourth-order valence-corrected chi connectivity index (χ4v) is 1.26. The Morgan fingerprint density at radius 2 is 1.88 bits per heavy atom. The molecule has 0 spiro atoms. The maximum absolute atomic E-state index is 4.16. The van der Waals surface area contributed by atoms with E-state index in [1.54, 1.807) is 23.5 Å². The molecule has 0 saturated heterocycles. The van der Waals surface area contributed by atoms with E-state index in [9.17, 15) is 0 Å². The molecule has 1 aromatic heterocycles. The molecule has 0 aliphatic rings. The monoisotopic (exact) mass is 212 g/mol. The first-order chi connectivity index (χ1) is 7.84. The van der Waals surface area contributed by atoms with Crippen LogP contribution in [-0.4, -0.2) is 21.1 Å². The molecule has 0 bridgehead atoms. The van der Waals surface area contributed by atoms with Gasteiger partial charge in [-0.3, -0.25) is 0 Å². The van der Waals surface area contributed by atoms with Crippen LogP contribution in [0.4, 0.5) is 0 Å². The molecule has 4 nitrogen and oxygen atoms in total. The zero-order valence-corrected chi connectivity index (χ0v) is 8.99. The Balaban J connectivity index is 2.09. The lowest BCUT2D eigenvalue weighted by Crippen LogP contribution is -1.86. The summed E-state index contributed by atoms with van der Waals surface area (Å²) in [6.45, 7) is 2.00. The normalized spacial score (nSPS) is 12.2. The molecule has 1 heterocycles. The molecule has 2 rings (SSSR count). The topological polar surface area (TPSA) is 43.1 Å². The third-order valence-corrected chi connectivity index (χ3v) is 2.00. The van der Waals surface area contributed by atoms with Gasteiger partial charge >= 0.3 is 0 Å². The van der Waals surface area contributed by atoms with E-state index in [1.807, 2.05) is 25.1 Å². The average Bonchev–Trinajstić information content (AvgIpc) is 2.81. The summed E-state index contributed by atoms with van der Waals surface area (Å²) in [5.41, 5.74) is 2.23. The largest absolute Gasteiger partial charge is 0.208 e. The average molecular weight is 212 g/mol. The highest BCUT2D eigenvalue weighted by molar-refractivity contribution is 5.84. The molecule has 0 amide bonds. The second-order valence-corrected chi connectivity index (χ2v) is 3.39. The molecule has 2 aromatic rings. The molecule has 0 saturated carbocycles. The van der Waals surface area contributed by atoms with Gasteiger partial charge in [-0.25, -0.2) is 4.68 Å². The van der Waals surface area contributed by atoms with E-state index >= 15 is 0 Å². The summed E-state index contributed by atoms with van der Waals surface area (Å²) in [4.78, 5) is 0. The minimum Gasteiger partial charge on any atom is -0.208 e. The van der Waals surface area contributed by atoms with Crippen molar-refractivity contribution in [3.8, 4) is 0 Å². The highest BCUT2D eigenvalue weighted by atomic mass is 15.4. The summed E-state index contributed by atoms with van der Waals surface area (Å²) in [5, 5.41) is 11.5. The number of rotatable bonds is 3. The molecule has 0 radical (unpaired) electrons. The van der Waals surface area contributed by atoms with E-state index in [1.165, 1.54) is 0 Å². The maximum atomic E-state index is 4.16. The zero-order chi connectivity index (χ0) is 11.2. The summed E-state index contributed by atoms with van der Waals surface area (Å²) in [6.07, 6.45) is 6.93. The number of allylic oxidation sites excluding steroid dienone is 1. The molecule has 0 fully saturated rings. The molecule has 0 unspecified atom stereocenters. The molecule has 0 atom stereocenters. The highest BCUT2D eigenvalue weighted by Crippen LogP contribution is 2.04. The maximum Gasteiger partial charge on any atom is 0.141 e. The van der Waals surface area contributed by atoms with Crippen molar-refractivity contribution in [2.75, 3.05) is 0 Å². The minimum absolute atomic E-state index is 1.07. The van der Waals surface area contributed by atoms with E-state index < -0.39 is 0 Å². The van der Waals surface area contributed by atoms with Gasteiger partial charge in [0, 0.05) is 0 Å². The quantitative estimate of drug-likeness (QED) is 0.732. The lowest BCUT2D eigenvalue weighted by molar-refractivity contribution is 0.878. The molecule has 1 aromatic carbocycles. The molecule has 0 aliphatic carbocycles. The highest BCUT2D eigenvalue weighted by Gasteiger charge is 1.88. The van der Waals surface area contributed by atoms with E-state index in [4.69, 9.17) is 0 Å². The Morgan fingerprint density at radius 1 is 1.19 bits per heavy atom. The predicted molar refractivity (Wildman–Crippen MR) is 64.0 cm³/mol. The fraction of sp³-hybridized carbons (Fsp3) is 0.0833. The van der Waals surface area contributed by atoms with Crippen molar-refractivity contribution < 1.29 is 0 Å². The zero-order valence-electron chi connectivity index (χ0n) is 8.99. The first-order valence-corrected chi connectivity index (χ1v) is 4.97. The van der Waals surface area contributed by atoms with Crippen LogP contribution in [0.15, 0.2) is 53.7 Å². The molecule has 80 valence electrons. The summed E-state index contributed by atoms with van der Waals surface area (Å²) < 4.78 is 1.56. The number of hydrogen-bond acceptors (Lipinski definition) is 3. The van der Waals surface area contributed by atoms with Crippen molar-refractivity contribution in [1.29, 1.82) is 0 Å². The number of nitrogens with zero attached hydrogens (tertiary/aromatic N) is 4. The third kappa shape index (κ3) is 2.88. The van der Waals surface area contributed by atoms with Gasteiger partial charge in [-0.05, 0) is 18.1 Å². The van der Waals surface area contributed by atoms with Crippen LogP contribution < -0.4 is 0 Å². The lowest BCUT2D eigenvalue weighted by Gasteiger charge is -1.94. The van der Waals surface area contributed by atoms with Crippen LogP contribution >= 0.6 is 0 Å². The lowest BCUT2D eigenvalue weighted by atomic mass is 10.1. The van der Waals surface area contributed by atoms with E-state index in [0.29, 0.717) is 0 Å². The van der Waals surface area contributed by atoms with Gasteiger partial charge < -0.3 is 0 Å². The first kappa shape index (κ1) is 10.3. The van der Waals surface area contributed by atoms with Crippen molar-refractivity contribution in [1.82, 2.24) is 14.9 Å². The van der Waals surface area contributed by atoms with Gasteiger partial charge in [0.25, 0.3) is 0 Å². The van der Waals surface area contributed by atoms with Crippen LogP contribution in [0.1, 0.15) is 12.5 Å². The fourth-order valence-electron chi connectivity index (χ4n) is 1.26. The number of benzene rings is 1. The Kier molecular flexibility index (Phi) is 3.23. The molecule has 4 heteroatoms. The van der Waals surface area contributed by atoms with Crippen LogP contribution in [0.25, 0.3) is 6.08 Å². The first-order valence-electron chi connectivity index (χ1n) is 4.97.